The van der Waals surface area contributed by atoms with E-state index in [4.69, 9.17) is 0 Å². The molecule has 1 aliphatic rings. The Morgan fingerprint density at radius 1 is 1.62 bits per heavy atom. The van der Waals surface area contributed by atoms with E-state index in [0.29, 0.717) is 12.1 Å². The van der Waals surface area contributed by atoms with Crippen molar-refractivity contribution in [3.63, 3.8) is 0 Å². The highest BCUT2D eigenvalue weighted by molar-refractivity contribution is 7.98. The lowest BCUT2D eigenvalue weighted by Crippen LogP contribution is -2.32. The van der Waals surface area contributed by atoms with E-state index >= 15 is 0 Å². The third kappa shape index (κ3) is 1.51. The average molecular weight is 195 g/mol. The highest BCUT2D eigenvalue weighted by Gasteiger charge is 2.18. The largest absolute Gasteiger partial charge is 0.352 e. The number of rotatable bonds is 1. The maximum Gasteiger partial charge on any atom is 0.254 e. The van der Waals surface area contributed by atoms with E-state index in [1.54, 1.807) is 6.20 Å². The number of carbonyl (C=O) groups excluding carboxylic acids is 1. The summed E-state index contributed by atoms with van der Waals surface area (Å²) in [7, 11) is 0. The van der Waals surface area contributed by atoms with Crippen molar-refractivity contribution >= 4 is 17.7 Å². The number of hydrogen-bond acceptors (Lipinski definition) is 4. The van der Waals surface area contributed by atoms with Gasteiger partial charge in [-0.25, -0.2) is 9.97 Å². The average Bonchev–Trinajstić information content (AvgIpc) is 2.18. The first-order chi connectivity index (χ1) is 6.31. The van der Waals surface area contributed by atoms with Crippen molar-refractivity contribution in [2.24, 2.45) is 0 Å². The Morgan fingerprint density at radius 3 is 3.23 bits per heavy atom. The summed E-state index contributed by atoms with van der Waals surface area (Å²) >= 11 is 1.49. The number of aromatic nitrogens is 2. The van der Waals surface area contributed by atoms with Crippen LogP contribution in [-0.2, 0) is 6.42 Å². The van der Waals surface area contributed by atoms with Crippen molar-refractivity contribution in [1.82, 2.24) is 15.3 Å². The zero-order valence-electron chi connectivity index (χ0n) is 7.20. The Hall–Kier alpha value is -1.10. The van der Waals surface area contributed by atoms with Crippen molar-refractivity contribution in [3.8, 4) is 0 Å². The second-order valence-corrected chi connectivity index (χ2v) is 3.50. The van der Waals surface area contributed by atoms with Crippen LogP contribution in [0.15, 0.2) is 11.4 Å². The Bertz CT molecular complexity index is 353. The van der Waals surface area contributed by atoms with E-state index in [-0.39, 0.29) is 5.91 Å². The molecule has 0 aromatic carbocycles. The number of hydrogen-bond donors (Lipinski definition) is 1. The topological polar surface area (TPSA) is 54.9 Å². The van der Waals surface area contributed by atoms with E-state index < -0.39 is 0 Å². The Labute approximate surface area is 80.2 Å². The SMILES string of the molecule is CSc1ncc2c(n1)CCNC2=O. The van der Waals surface area contributed by atoms with Crippen molar-refractivity contribution in [2.75, 3.05) is 12.8 Å². The third-order valence-corrected chi connectivity index (χ3v) is 2.48. The maximum atomic E-state index is 11.3. The molecule has 4 nitrogen and oxygen atoms in total. The van der Waals surface area contributed by atoms with Gasteiger partial charge in [-0.1, -0.05) is 11.8 Å². The molecule has 1 N–H and O–H groups in total. The summed E-state index contributed by atoms with van der Waals surface area (Å²) in [5.41, 5.74) is 1.48. The lowest BCUT2D eigenvalue weighted by atomic mass is 10.1. The van der Waals surface area contributed by atoms with Gasteiger partial charge < -0.3 is 5.32 Å². The van der Waals surface area contributed by atoms with Crippen LogP contribution in [0.2, 0.25) is 0 Å². The predicted octanol–water partition coefficient (Wildman–Crippen LogP) is 0.484. The van der Waals surface area contributed by atoms with Crippen LogP contribution in [-0.4, -0.2) is 28.7 Å². The minimum Gasteiger partial charge on any atom is -0.352 e. The van der Waals surface area contributed by atoms with Gasteiger partial charge in [0.2, 0.25) is 0 Å². The van der Waals surface area contributed by atoms with E-state index in [1.807, 2.05) is 6.26 Å². The first-order valence-corrected chi connectivity index (χ1v) is 5.22. The molecule has 0 unspecified atom stereocenters. The van der Waals surface area contributed by atoms with Crippen LogP contribution >= 0.6 is 11.8 Å². The summed E-state index contributed by atoms with van der Waals surface area (Å²) in [6, 6.07) is 0. The van der Waals surface area contributed by atoms with Gasteiger partial charge in [0, 0.05) is 19.2 Å². The van der Waals surface area contributed by atoms with Crippen LogP contribution in [0.3, 0.4) is 0 Å². The summed E-state index contributed by atoms with van der Waals surface area (Å²) in [4.78, 5) is 19.6. The van der Waals surface area contributed by atoms with Crippen LogP contribution in [0.4, 0.5) is 0 Å². The number of amides is 1. The van der Waals surface area contributed by atoms with Crippen molar-refractivity contribution in [3.05, 3.63) is 17.5 Å². The molecule has 1 aromatic heterocycles. The monoisotopic (exact) mass is 195 g/mol. The summed E-state index contributed by atoms with van der Waals surface area (Å²) in [6.45, 7) is 0.677. The Balaban J connectivity index is 2.45. The van der Waals surface area contributed by atoms with Gasteiger partial charge in [-0.05, 0) is 6.26 Å². The molecule has 0 saturated heterocycles. The van der Waals surface area contributed by atoms with Crippen LogP contribution in [0, 0.1) is 0 Å². The second-order valence-electron chi connectivity index (χ2n) is 2.72. The molecule has 0 aliphatic carbocycles. The van der Waals surface area contributed by atoms with Gasteiger partial charge in [-0.2, -0.15) is 0 Å². The molecule has 0 atom stereocenters. The zero-order valence-corrected chi connectivity index (χ0v) is 8.02. The molecular weight excluding hydrogens is 186 g/mol. The molecule has 68 valence electrons. The standard InChI is InChI=1S/C8H9N3OS/c1-13-8-10-4-5-6(11-8)2-3-9-7(5)12/h4H,2-3H2,1H3,(H,9,12). The molecule has 0 radical (unpaired) electrons. The first-order valence-electron chi connectivity index (χ1n) is 3.99. The fourth-order valence-corrected chi connectivity index (χ4v) is 1.63. The molecule has 13 heavy (non-hydrogen) atoms. The fourth-order valence-electron chi connectivity index (χ4n) is 1.27. The van der Waals surface area contributed by atoms with E-state index in [0.717, 1.165) is 17.3 Å². The Kier molecular flexibility index (Phi) is 2.18. The van der Waals surface area contributed by atoms with Crippen LogP contribution in [0.25, 0.3) is 0 Å². The van der Waals surface area contributed by atoms with Crippen molar-refractivity contribution in [2.45, 2.75) is 11.6 Å². The minimum atomic E-state index is -0.0612. The summed E-state index contributed by atoms with van der Waals surface area (Å²) in [6.07, 6.45) is 4.32. The Morgan fingerprint density at radius 2 is 2.46 bits per heavy atom. The van der Waals surface area contributed by atoms with Crippen molar-refractivity contribution < 1.29 is 4.79 Å². The number of nitrogens with zero attached hydrogens (tertiary/aromatic N) is 2. The predicted molar refractivity (Wildman–Crippen MR) is 49.9 cm³/mol. The quantitative estimate of drug-likeness (QED) is 0.523. The van der Waals surface area contributed by atoms with Gasteiger partial charge in [0.05, 0.1) is 11.3 Å². The van der Waals surface area contributed by atoms with E-state index in [9.17, 15) is 4.79 Å². The summed E-state index contributed by atoms with van der Waals surface area (Å²) in [5.74, 6) is -0.0612. The first kappa shape index (κ1) is 8.50. The van der Waals surface area contributed by atoms with Crippen molar-refractivity contribution in [1.29, 1.82) is 0 Å². The lowest BCUT2D eigenvalue weighted by molar-refractivity contribution is 0.0944. The molecular formula is C8H9N3OS. The maximum absolute atomic E-state index is 11.3. The molecule has 0 fully saturated rings. The fraction of sp³-hybridized carbons (Fsp3) is 0.375. The molecule has 5 heteroatoms. The number of carbonyl (C=O) groups is 1. The smallest absolute Gasteiger partial charge is 0.254 e. The molecule has 1 aliphatic heterocycles. The molecule has 2 rings (SSSR count). The molecule has 2 heterocycles. The molecule has 0 saturated carbocycles. The highest BCUT2D eigenvalue weighted by atomic mass is 32.2. The van der Waals surface area contributed by atoms with Gasteiger partial charge in [0.1, 0.15) is 0 Å². The molecule has 0 spiro atoms. The zero-order chi connectivity index (χ0) is 9.26. The van der Waals surface area contributed by atoms with Gasteiger partial charge in [0.15, 0.2) is 5.16 Å². The van der Waals surface area contributed by atoms with Crippen LogP contribution in [0.1, 0.15) is 16.1 Å². The number of nitrogens with one attached hydrogen (secondary N) is 1. The molecule has 0 bridgehead atoms. The van der Waals surface area contributed by atoms with Gasteiger partial charge in [-0.15, -0.1) is 0 Å². The summed E-state index contributed by atoms with van der Waals surface area (Å²) in [5, 5.41) is 3.48. The third-order valence-electron chi connectivity index (χ3n) is 1.92. The number of thioether (sulfide) groups is 1. The number of fused-ring (bicyclic) bond motifs is 1. The minimum absolute atomic E-state index is 0.0612. The van der Waals surface area contributed by atoms with Crippen LogP contribution < -0.4 is 5.32 Å². The van der Waals surface area contributed by atoms with Gasteiger partial charge in [-0.3, -0.25) is 4.79 Å². The molecule has 1 aromatic rings. The van der Waals surface area contributed by atoms with Gasteiger partial charge >= 0.3 is 0 Å². The molecule has 1 amide bonds. The second kappa shape index (κ2) is 3.33. The lowest BCUT2D eigenvalue weighted by Gasteiger charge is -2.14. The summed E-state index contributed by atoms with van der Waals surface area (Å²) < 4.78 is 0. The van der Waals surface area contributed by atoms with E-state index in [1.165, 1.54) is 11.8 Å². The normalized spacial score (nSPS) is 15.0. The van der Waals surface area contributed by atoms with Gasteiger partial charge in [0.25, 0.3) is 5.91 Å². The van der Waals surface area contributed by atoms with E-state index in [2.05, 4.69) is 15.3 Å². The highest BCUT2D eigenvalue weighted by Crippen LogP contribution is 2.14. The van der Waals surface area contributed by atoms with Crippen LogP contribution in [0.5, 0.6) is 0 Å².